The minimum Gasteiger partial charge on any atom is -0.0871 e. The number of rotatable bonds is 18. The van der Waals surface area contributed by atoms with Gasteiger partial charge in [-0.3, -0.25) is 0 Å². The Labute approximate surface area is 287 Å². The molecule has 0 nitrogen and oxygen atoms in total. The molecule has 0 unspecified atom stereocenters. The zero-order valence-electron chi connectivity index (χ0n) is 29.8. The van der Waals surface area contributed by atoms with Crippen molar-refractivity contribution in [2.45, 2.75) is 123 Å². The zero-order valence-corrected chi connectivity index (χ0v) is 29.8. The van der Waals surface area contributed by atoms with Gasteiger partial charge in [-0.05, 0) is 76.8 Å². The highest BCUT2D eigenvalue weighted by Gasteiger charge is 2.42. The van der Waals surface area contributed by atoms with Crippen LogP contribution >= 0.6 is 0 Å². The Balaban J connectivity index is 1.45. The summed E-state index contributed by atoms with van der Waals surface area (Å²) in [6, 6.07) is 32.4. The number of fused-ring (bicyclic) bond motifs is 3. The van der Waals surface area contributed by atoms with Crippen molar-refractivity contribution in [2.24, 2.45) is 0 Å². The summed E-state index contributed by atoms with van der Waals surface area (Å²) in [5, 5.41) is 0. The monoisotopic (exact) mass is 622 g/mol. The van der Waals surface area contributed by atoms with Gasteiger partial charge in [-0.25, -0.2) is 0 Å². The Morgan fingerprint density at radius 2 is 0.894 bits per heavy atom. The molecule has 0 saturated carbocycles. The van der Waals surface area contributed by atoms with Crippen LogP contribution in [0, 0.1) is 6.92 Å². The highest BCUT2D eigenvalue weighted by molar-refractivity contribution is 5.84. The summed E-state index contributed by atoms with van der Waals surface area (Å²) >= 11 is 0. The third-order valence-electron chi connectivity index (χ3n) is 10.4. The summed E-state index contributed by atoms with van der Waals surface area (Å²) in [5.74, 6) is 0. The number of unbranched alkanes of at least 4 members (excludes halogenated alkanes) is 10. The molecular weight excluding hydrogens is 565 g/mol. The fraction of sp³-hybridized carbons (Fsp3) is 0.404. The van der Waals surface area contributed by atoms with E-state index in [1.807, 2.05) is 0 Å². The van der Waals surface area contributed by atoms with Crippen molar-refractivity contribution in [1.29, 1.82) is 0 Å². The van der Waals surface area contributed by atoms with Gasteiger partial charge in [-0.1, -0.05) is 206 Å². The molecule has 0 N–H and O–H groups in total. The largest absolute Gasteiger partial charge is 0.0871 e. The van der Waals surface area contributed by atoms with Gasteiger partial charge in [-0.2, -0.15) is 0 Å². The Kier molecular flexibility index (Phi) is 12.9. The molecule has 1 aliphatic carbocycles. The lowest BCUT2D eigenvalue weighted by molar-refractivity contribution is 0.398. The van der Waals surface area contributed by atoms with Crippen molar-refractivity contribution in [1.82, 2.24) is 0 Å². The number of benzene rings is 4. The van der Waals surface area contributed by atoms with Gasteiger partial charge in [-0.15, -0.1) is 0 Å². The molecule has 0 saturated heterocycles. The predicted octanol–water partition coefficient (Wildman–Crippen LogP) is 14.6. The normalized spacial score (nSPS) is 13.4. The van der Waals surface area contributed by atoms with Crippen LogP contribution < -0.4 is 0 Å². The van der Waals surface area contributed by atoms with E-state index in [1.54, 1.807) is 11.1 Å². The quantitative estimate of drug-likeness (QED) is 0.0765. The molecule has 0 bridgehead atoms. The molecule has 0 spiro atoms. The van der Waals surface area contributed by atoms with Crippen LogP contribution in [-0.4, -0.2) is 0 Å². The van der Waals surface area contributed by atoms with Gasteiger partial charge in [0.2, 0.25) is 0 Å². The molecule has 0 radical (unpaired) electrons. The standard InChI is InChI=1S/C47H58/c1-5-8-10-12-14-16-33-47(34-17-15-13-11-9-6-2)45-35-39(18-7-3)25-31-43(45)44-32-26-40(36-46(44)47)22-21-38-23-29-42(30-24-38)41-27-19-37(4)20-28-41/h7,18-32,35-36H,5-6,8-17,33-34H2,1-4H3/b18-7+,22-21+. The fourth-order valence-electron chi connectivity index (χ4n) is 7.73. The van der Waals surface area contributed by atoms with E-state index in [4.69, 9.17) is 0 Å². The summed E-state index contributed by atoms with van der Waals surface area (Å²) in [4.78, 5) is 0. The minimum atomic E-state index is 0.0946. The van der Waals surface area contributed by atoms with Gasteiger partial charge in [0.05, 0.1) is 0 Å². The number of hydrogen-bond donors (Lipinski definition) is 0. The Bertz CT molecular complexity index is 1580. The maximum Gasteiger partial charge on any atom is 0.0215 e. The van der Waals surface area contributed by atoms with Gasteiger partial charge < -0.3 is 0 Å². The van der Waals surface area contributed by atoms with Gasteiger partial charge in [0.1, 0.15) is 0 Å². The van der Waals surface area contributed by atoms with E-state index in [9.17, 15) is 0 Å². The lowest BCUT2D eigenvalue weighted by Gasteiger charge is -2.33. The Hall–Kier alpha value is -3.64. The summed E-state index contributed by atoms with van der Waals surface area (Å²) in [6.07, 6.45) is 27.7. The summed E-state index contributed by atoms with van der Waals surface area (Å²) in [7, 11) is 0. The molecule has 0 heteroatoms. The van der Waals surface area contributed by atoms with Crippen LogP contribution in [0.5, 0.6) is 0 Å². The summed E-state index contributed by atoms with van der Waals surface area (Å²) < 4.78 is 0. The van der Waals surface area contributed by atoms with E-state index in [0.29, 0.717) is 0 Å². The highest BCUT2D eigenvalue weighted by Crippen LogP contribution is 2.55. The number of hydrogen-bond acceptors (Lipinski definition) is 0. The Morgan fingerprint density at radius 3 is 1.40 bits per heavy atom. The van der Waals surface area contributed by atoms with Gasteiger partial charge in [0.25, 0.3) is 0 Å². The molecule has 4 aromatic rings. The molecule has 0 aliphatic heterocycles. The first-order chi connectivity index (χ1) is 23.1. The minimum absolute atomic E-state index is 0.0946. The number of allylic oxidation sites excluding steroid dienone is 1. The lowest BCUT2D eigenvalue weighted by Crippen LogP contribution is -2.25. The van der Waals surface area contributed by atoms with E-state index in [0.717, 1.165) is 0 Å². The SMILES string of the molecule is C/C=C/c1ccc2c(c1)C(CCCCCCCC)(CCCCCCCC)c1cc(/C=C/c3ccc(-c4ccc(C)cc4)cc3)ccc1-2. The van der Waals surface area contributed by atoms with E-state index in [-0.39, 0.29) is 5.41 Å². The molecule has 0 heterocycles. The van der Waals surface area contributed by atoms with Crippen LogP contribution in [0.4, 0.5) is 0 Å². The maximum atomic E-state index is 2.55. The van der Waals surface area contributed by atoms with E-state index < -0.39 is 0 Å². The van der Waals surface area contributed by atoms with Gasteiger partial charge >= 0.3 is 0 Å². The van der Waals surface area contributed by atoms with Crippen molar-refractivity contribution in [3.05, 3.63) is 124 Å². The molecule has 0 atom stereocenters. The van der Waals surface area contributed by atoms with Crippen LogP contribution in [0.2, 0.25) is 0 Å². The van der Waals surface area contributed by atoms with Crippen molar-refractivity contribution in [3.63, 3.8) is 0 Å². The molecule has 47 heavy (non-hydrogen) atoms. The molecule has 0 fully saturated rings. The van der Waals surface area contributed by atoms with Crippen LogP contribution in [0.15, 0.2) is 91.0 Å². The lowest BCUT2D eigenvalue weighted by atomic mass is 9.70. The number of aryl methyl sites for hydroxylation is 1. The van der Waals surface area contributed by atoms with E-state index in [1.165, 1.54) is 134 Å². The third-order valence-corrected chi connectivity index (χ3v) is 10.4. The van der Waals surface area contributed by atoms with Gasteiger partial charge in [0, 0.05) is 5.41 Å². The van der Waals surface area contributed by atoms with Crippen LogP contribution in [0.3, 0.4) is 0 Å². The van der Waals surface area contributed by atoms with Crippen LogP contribution in [0.1, 0.15) is 144 Å². The smallest absolute Gasteiger partial charge is 0.0215 e. The molecular formula is C47H58. The summed E-state index contributed by atoms with van der Waals surface area (Å²) in [5.41, 5.74) is 13.9. The van der Waals surface area contributed by atoms with E-state index in [2.05, 4.69) is 137 Å². The first-order valence-corrected chi connectivity index (χ1v) is 18.9. The van der Waals surface area contributed by atoms with Crippen LogP contribution in [0.25, 0.3) is 40.5 Å². The molecule has 1 aliphatic rings. The predicted molar refractivity (Wildman–Crippen MR) is 209 cm³/mol. The highest BCUT2D eigenvalue weighted by atomic mass is 14.4. The van der Waals surface area contributed by atoms with Crippen molar-refractivity contribution in [3.8, 4) is 22.3 Å². The molecule has 4 aromatic carbocycles. The zero-order chi connectivity index (χ0) is 32.9. The second kappa shape index (κ2) is 17.5. The average molecular weight is 623 g/mol. The Morgan fingerprint density at radius 1 is 0.468 bits per heavy atom. The van der Waals surface area contributed by atoms with Crippen LogP contribution in [-0.2, 0) is 5.41 Å². The molecule has 5 rings (SSSR count). The molecule has 0 aromatic heterocycles. The average Bonchev–Trinajstić information content (AvgIpc) is 3.36. The first-order valence-electron chi connectivity index (χ1n) is 18.9. The fourth-order valence-corrected chi connectivity index (χ4v) is 7.73. The maximum absolute atomic E-state index is 2.55. The van der Waals surface area contributed by atoms with Crippen molar-refractivity contribution in [2.75, 3.05) is 0 Å². The molecule has 0 amide bonds. The second-order valence-electron chi connectivity index (χ2n) is 14.0. The van der Waals surface area contributed by atoms with Crippen molar-refractivity contribution < 1.29 is 0 Å². The van der Waals surface area contributed by atoms with E-state index >= 15 is 0 Å². The second-order valence-corrected chi connectivity index (χ2v) is 14.0. The van der Waals surface area contributed by atoms with Gasteiger partial charge in [0.15, 0.2) is 0 Å². The summed E-state index contributed by atoms with van der Waals surface area (Å²) in [6.45, 7) is 8.91. The topological polar surface area (TPSA) is 0 Å². The first kappa shape index (κ1) is 34.7. The molecule has 246 valence electrons. The third kappa shape index (κ3) is 8.84. The van der Waals surface area contributed by atoms with Crippen molar-refractivity contribution >= 4 is 18.2 Å².